The Balaban J connectivity index is 1.85. The molecule has 35 heavy (non-hydrogen) atoms. The molecule has 4 rings (SSSR count). The lowest BCUT2D eigenvalue weighted by atomic mass is 9.94. The second kappa shape index (κ2) is 10.2. The number of likely N-dealkylation sites (tertiary alicyclic amines) is 1. The van der Waals surface area contributed by atoms with Gasteiger partial charge in [0.25, 0.3) is 17.4 Å². The first-order valence-electron chi connectivity index (χ1n) is 11.2. The summed E-state index contributed by atoms with van der Waals surface area (Å²) in [5.41, 5.74) is 1.14. The van der Waals surface area contributed by atoms with E-state index in [1.165, 1.54) is 23.1 Å². The highest BCUT2D eigenvalue weighted by Crippen LogP contribution is 2.41. The Labute approximate surface area is 202 Å². The van der Waals surface area contributed by atoms with Gasteiger partial charge in [-0.05, 0) is 29.7 Å². The number of aliphatic hydroxyl groups excluding tert-OH is 1. The summed E-state index contributed by atoms with van der Waals surface area (Å²) in [4.78, 5) is 38.6. The van der Waals surface area contributed by atoms with E-state index in [0.717, 1.165) is 12.0 Å². The molecule has 178 valence electrons. The van der Waals surface area contributed by atoms with Crippen LogP contribution in [0.15, 0.2) is 84.4 Å². The minimum absolute atomic E-state index is 0.0925. The number of aliphatic hydroxyl groups is 1. The van der Waals surface area contributed by atoms with Gasteiger partial charge in [-0.1, -0.05) is 61.5 Å². The molecule has 1 heterocycles. The van der Waals surface area contributed by atoms with Crippen LogP contribution in [-0.2, 0) is 16.1 Å². The Morgan fingerprint density at radius 2 is 1.77 bits per heavy atom. The number of benzene rings is 3. The van der Waals surface area contributed by atoms with E-state index in [2.05, 4.69) is 0 Å². The fourth-order valence-electron chi connectivity index (χ4n) is 4.09. The maximum absolute atomic E-state index is 13.2. The first-order valence-corrected chi connectivity index (χ1v) is 11.2. The molecule has 1 saturated heterocycles. The summed E-state index contributed by atoms with van der Waals surface area (Å²) in [6, 6.07) is 20.5. The molecule has 1 fully saturated rings. The molecule has 0 aliphatic carbocycles. The highest BCUT2D eigenvalue weighted by molar-refractivity contribution is 6.46. The fourth-order valence-corrected chi connectivity index (χ4v) is 4.09. The van der Waals surface area contributed by atoms with Crippen molar-refractivity contribution in [3.63, 3.8) is 0 Å². The number of non-ortho nitro benzene ring substituents is 1. The van der Waals surface area contributed by atoms with Crippen LogP contribution in [0.25, 0.3) is 5.76 Å². The highest BCUT2D eigenvalue weighted by atomic mass is 16.6. The molecule has 8 nitrogen and oxygen atoms in total. The number of nitro benzene ring substituents is 1. The van der Waals surface area contributed by atoms with Gasteiger partial charge in [-0.3, -0.25) is 19.7 Å². The largest absolute Gasteiger partial charge is 0.507 e. The van der Waals surface area contributed by atoms with Crippen molar-refractivity contribution in [3.05, 3.63) is 111 Å². The Bertz CT molecular complexity index is 1300. The maximum atomic E-state index is 13.2. The molecule has 0 aromatic heterocycles. The minimum atomic E-state index is -1.00. The molecule has 0 spiro atoms. The number of Topliss-reactive ketones (excluding diaryl/α,β-unsaturated/α-hetero) is 1. The third-order valence-electron chi connectivity index (χ3n) is 5.71. The number of nitrogens with zero attached hydrogens (tertiary/aromatic N) is 2. The maximum Gasteiger partial charge on any atom is 0.295 e. The Kier molecular flexibility index (Phi) is 6.91. The topological polar surface area (TPSA) is 110 Å². The van der Waals surface area contributed by atoms with Crippen molar-refractivity contribution >= 4 is 23.1 Å². The van der Waals surface area contributed by atoms with Gasteiger partial charge >= 0.3 is 0 Å². The smallest absolute Gasteiger partial charge is 0.295 e. The lowest BCUT2D eigenvalue weighted by Crippen LogP contribution is -2.29. The summed E-state index contributed by atoms with van der Waals surface area (Å²) in [6.45, 7) is 2.55. The van der Waals surface area contributed by atoms with Gasteiger partial charge < -0.3 is 14.7 Å². The van der Waals surface area contributed by atoms with Crippen molar-refractivity contribution in [2.24, 2.45) is 0 Å². The monoisotopic (exact) mass is 472 g/mol. The third-order valence-corrected chi connectivity index (χ3v) is 5.71. The predicted octanol–water partition coefficient (Wildman–Crippen LogP) is 5.01. The number of nitro groups is 1. The van der Waals surface area contributed by atoms with Crippen LogP contribution >= 0.6 is 0 Å². The number of hydrogen-bond acceptors (Lipinski definition) is 6. The molecule has 1 aliphatic rings. The number of ether oxygens (including phenoxy) is 1. The van der Waals surface area contributed by atoms with Gasteiger partial charge in [0.05, 0.1) is 23.1 Å². The molecule has 1 amide bonds. The number of amides is 1. The summed E-state index contributed by atoms with van der Waals surface area (Å²) in [5, 5.41) is 22.7. The molecule has 3 aromatic rings. The van der Waals surface area contributed by atoms with E-state index in [0.29, 0.717) is 23.5 Å². The van der Waals surface area contributed by atoms with E-state index in [4.69, 9.17) is 4.74 Å². The van der Waals surface area contributed by atoms with E-state index in [1.54, 1.807) is 30.3 Å². The Morgan fingerprint density at radius 1 is 1.03 bits per heavy atom. The zero-order valence-electron chi connectivity index (χ0n) is 19.1. The van der Waals surface area contributed by atoms with Crippen molar-refractivity contribution < 1.29 is 24.4 Å². The van der Waals surface area contributed by atoms with Crippen LogP contribution in [0, 0.1) is 10.1 Å². The summed E-state index contributed by atoms with van der Waals surface area (Å²) < 4.78 is 5.64. The van der Waals surface area contributed by atoms with Crippen molar-refractivity contribution in [2.45, 2.75) is 25.9 Å². The van der Waals surface area contributed by atoms with Crippen molar-refractivity contribution in [3.8, 4) is 5.75 Å². The van der Waals surface area contributed by atoms with Crippen LogP contribution in [0.3, 0.4) is 0 Å². The van der Waals surface area contributed by atoms with E-state index in [9.17, 15) is 24.8 Å². The summed E-state index contributed by atoms with van der Waals surface area (Å²) in [7, 11) is 0. The molecular formula is C27H24N2O6. The van der Waals surface area contributed by atoms with Gasteiger partial charge in [0.2, 0.25) is 0 Å². The Hall–Kier alpha value is -4.46. The first kappa shape index (κ1) is 23.7. The molecule has 1 unspecified atom stereocenters. The van der Waals surface area contributed by atoms with Gasteiger partial charge in [-0.2, -0.15) is 0 Å². The SMILES string of the molecule is CCCOc1cccc(C(O)=C2C(=O)C(=O)N(Cc3ccccc3)C2c2cccc([N+](=O)[O-])c2)c1. The van der Waals surface area contributed by atoms with E-state index in [1.807, 2.05) is 37.3 Å². The zero-order chi connectivity index (χ0) is 24.9. The second-order valence-electron chi connectivity index (χ2n) is 8.14. The molecule has 3 aromatic carbocycles. The molecule has 0 bridgehead atoms. The predicted molar refractivity (Wildman–Crippen MR) is 130 cm³/mol. The quantitative estimate of drug-likeness (QED) is 0.162. The summed E-state index contributed by atoms with van der Waals surface area (Å²) >= 11 is 0. The first-order chi connectivity index (χ1) is 16.9. The average molecular weight is 472 g/mol. The number of carbonyl (C=O) groups excluding carboxylic acids is 2. The molecule has 1 N–H and O–H groups in total. The molecule has 0 saturated carbocycles. The zero-order valence-corrected chi connectivity index (χ0v) is 19.1. The van der Waals surface area contributed by atoms with E-state index in [-0.39, 0.29) is 23.6 Å². The lowest BCUT2D eigenvalue weighted by molar-refractivity contribution is -0.384. The summed E-state index contributed by atoms with van der Waals surface area (Å²) in [5.74, 6) is -1.49. The average Bonchev–Trinajstić information content (AvgIpc) is 3.12. The van der Waals surface area contributed by atoms with Crippen LogP contribution in [0.4, 0.5) is 5.69 Å². The van der Waals surface area contributed by atoms with Crippen LogP contribution in [0.5, 0.6) is 5.75 Å². The van der Waals surface area contributed by atoms with Crippen LogP contribution in [0.1, 0.15) is 36.1 Å². The number of ketones is 1. The number of hydrogen-bond donors (Lipinski definition) is 1. The number of carbonyl (C=O) groups is 2. The molecule has 1 atom stereocenters. The molecular weight excluding hydrogens is 448 g/mol. The minimum Gasteiger partial charge on any atom is -0.507 e. The molecule has 8 heteroatoms. The number of rotatable bonds is 8. The lowest BCUT2D eigenvalue weighted by Gasteiger charge is -2.25. The van der Waals surface area contributed by atoms with Crippen molar-refractivity contribution in [1.82, 2.24) is 4.90 Å². The molecule has 1 aliphatic heterocycles. The van der Waals surface area contributed by atoms with Crippen LogP contribution in [0.2, 0.25) is 0 Å². The van der Waals surface area contributed by atoms with Gasteiger partial charge in [0.15, 0.2) is 0 Å². The third kappa shape index (κ3) is 4.91. The van der Waals surface area contributed by atoms with Gasteiger partial charge in [-0.25, -0.2) is 0 Å². The fraction of sp³-hybridized carbons (Fsp3) is 0.185. The summed E-state index contributed by atoms with van der Waals surface area (Å²) in [6.07, 6.45) is 0.799. The molecule has 0 radical (unpaired) electrons. The Morgan fingerprint density at radius 3 is 2.49 bits per heavy atom. The van der Waals surface area contributed by atoms with Crippen molar-refractivity contribution in [2.75, 3.05) is 6.61 Å². The van der Waals surface area contributed by atoms with Crippen molar-refractivity contribution in [1.29, 1.82) is 0 Å². The standard InChI is InChI=1S/C27H24N2O6/c1-2-14-35-22-13-7-11-20(16-22)25(30)23-24(19-10-6-12-21(15-19)29(33)34)28(27(32)26(23)31)17-18-8-4-3-5-9-18/h3-13,15-16,24,30H,2,14,17H2,1H3. The highest BCUT2D eigenvalue weighted by Gasteiger charge is 2.46. The van der Waals surface area contributed by atoms with Gasteiger partial charge in [0, 0.05) is 24.2 Å². The van der Waals surface area contributed by atoms with Gasteiger partial charge in [0.1, 0.15) is 11.5 Å². The van der Waals surface area contributed by atoms with Gasteiger partial charge in [-0.15, -0.1) is 0 Å². The van der Waals surface area contributed by atoms with E-state index < -0.39 is 22.7 Å². The normalized spacial score (nSPS) is 16.9. The van der Waals surface area contributed by atoms with E-state index >= 15 is 0 Å². The second-order valence-corrected chi connectivity index (χ2v) is 8.14. The van der Waals surface area contributed by atoms with Crippen LogP contribution < -0.4 is 4.74 Å². The van der Waals surface area contributed by atoms with Crippen LogP contribution in [-0.4, -0.2) is 33.2 Å².